The van der Waals surface area contributed by atoms with Gasteiger partial charge in [-0.1, -0.05) is 11.6 Å². The van der Waals surface area contributed by atoms with Crippen LogP contribution in [0.4, 0.5) is 17.3 Å². The average molecular weight is 234 g/mol. The Labute approximate surface area is 97.3 Å². The van der Waals surface area contributed by atoms with E-state index in [2.05, 4.69) is 25.3 Å². The molecular formula is C10H8ClN5. The van der Waals surface area contributed by atoms with E-state index in [9.17, 15) is 0 Å². The van der Waals surface area contributed by atoms with Gasteiger partial charge in [0.25, 0.3) is 0 Å². The van der Waals surface area contributed by atoms with Crippen molar-refractivity contribution in [1.82, 2.24) is 15.2 Å². The van der Waals surface area contributed by atoms with Crippen LogP contribution in [-0.4, -0.2) is 15.2 Å². The fraction of sp³-hybridized carbons (Fsp3) is 0.100. The maximum atomic E-state index is 6.84. The molecule has 0 saturated heterocycles. The van der Waals surface area contributed by atoms with Gasteiger partial charge in [0.15, 0.2) is 5.82 Å². The number of nitrogens with one attached hydrogen (secondary N) is 2. The summed E-state index contributed by atoms with van der Waals surface area (Å²) in [5, 5.41) is 9.97. The second kappa shape index (κ2) is 4.21. The van der Waals surface area contributed by atoms with Crippen LogP contribution in [0.1, 0.15) is 5.69 Å². The number of rotatable bonds is 2. The predicted molar refractivity (Wildman–Crippen MR) is 62.1 cm³/mol. The van der Waals surface area contributed by atoms with Crippen LogP contribution in [0.5, 0.6) is 0 Å². The zero-order valence-corrected chi connectivity index (χ0v) is 9.21. The summed E-state index contributed by atoms with van der Waals surface area (Å²) in [5.41, 5.74) is 1.29. The summed E-state index contributed by atoms with van der Waals surface area (Å²) in [4.78, 5) is 7.26. The highest BCUT2D eigenvalue weighted by Gasteiger charge is 2.04. The number of aromatic amines is 1. The summed E-state index contributed by atoms with van der Waals surface area (Å²) < 4.78 is 0. The maximum Gasteiger partial charge on any atom is 0.223 e. The van der Waals surface area contributed by atoms with Crippen molar-refractivity contribution in [3.63, 3.8) is 0 Å². The van der Waals surface area contributed by atoms with Crippen LogP contribution < -0.4 is 5.32 Å². The molecule has 2 rings (SSSR count). The molecule has 80 valence electrons. The van der Waals surface area contributed by atoms with Gasteiger partial charge in [0, 0.05) is 11.8 Å². The molecule has 0 bridgehead atoms. The van der Waals surface area contributed by atoms with Gasteiger partial charge < -0.3 is 5.32 Å². The number of hydrogen-bond acceptors (Lipinski definition) is 3. The first-order valence-corrected chi connectivity index (χ1v) is 4.90. The van der Waals surface area contributed by atoms with Gasteiger partial charge in [-0.05, 0) is 19.1 Å². The summed E-state index contributed by atoms with van der Waals surface area (Å²) in [7, 11) is 0. The van der Waals surface area contributed by atoms with E-state index in [1.165, 1.54) is 0 Å². The molecule has 16 heavy (non-hydrogen) atoms. The molecule has 0 aromatic carbocycles. The van der Waals surface area contributed by atoms with E-state index < -0.39 is 0 Å². The van der Waals surface area contributed by atoms with E-state index in [4.69, 9.17) is 18.2 Å². The van der Waals surface area contributed by atoms with Crippen molar-refractivity contribution in [2.75, 3.05) is 5.32 Å². The Hall–Kier alpha value is -2.06. The van der Waals surface area contributed by atoms with E-state index in [1.807, 2.05) is 13.0 Å². The number of nitrogens with zero attached hydrogens (tertiary/aromatic N) is 3. The molecule has 0 fully saturated rings. The fourth-order valence-corrected chi connectivity index (χ4v) is 1.39. The Morgan fingerprint density at radius 1 is 1.44 bits per heavy atom. The molecule has 0 saturated carbocycles. The van der Waals surface area contributed by atoms with Crippen LogP contribution in [0, 0.1) is 13.5 Å². The number of pyridine rings is 1. The summed E-state index contributed by atoms with van der Waals surface area (Å²) in [5.74, 6) is 1.22. The standard InChI is InChI=1S/C10H8ClN5/c1-6-5-9(16-15-6)13-8-4-3-7(12-2)10(11)14-8/h3-5H,1H3,(H2,13,14,15,16). The van der Waals surface area contributed by atoms with Crippen LogP contribution in [0.3, 0.4) is 0 Å². The van der Waals surface area contributed by atoms with E-state index >= 15 is 0 Å². The summed E-state index contributed by atoms with van der Waals surface area (Å²) >= 11 is 5.81. The zero-order valence-electron chi connectivity index (χ0n) is 8.45. The predicted octanol–water partition coefficient (Wildman–Crippen LogP) is 3.06. The van der Waals surface area contributed by atoms with Crippen LogP contribution >= 0.6 is 11.6 Å². The Morgan fingerprint density at radius 2 is 2.25 bits per heavy atom. The molecule has 0 unspecified atom stereocenters. The smallest absolute Gasteiger partial charge is 0.223 e. The van der Waals surface area contributed by atoms with E-state index in [-0.39, 0.29) is 5.15 Å². The molecule has 5 nitrogen and oxygen atoms in total. The highest BCUT2D eigenvalue weighted by Crippen LogP contribution is 2.25. The summed E-state index contributed by atoms with van der Waals surface area (Å²) in [6, 6.07) is 5.14. The minimum atomic E-state index is 0.187. The van der Waals surface area contributed by atoms with Gasteiger partial charge in [-0.3, -0.25) is 5.10 Å². The number of aromatic nitrogens is 3. The molecule has 2 aromatic heterocycles. The van der Waals surface area contributed by atoms with Gasteiger partial charge in [0.1, 0.15) is 11.0 Å². The third kappa shape index (κ3) is 2.12. The molecule has 6 heteroatoms. The number of anilines is 2. The minimum absolute atomic E-state index is 0.187. The topological polar surface area (TPSA) is 58.0 Å². The van der Waals surface area contributed by atoms with Crippen molar-refractivity contribution in [2.45, 2.75) is 6.92 Å². The lowest BCUT2D eigenvalue weighted by molar-refractivity contribution is 1.05. The van der Waals surface area contributed by atoms with Crippen molar-refractivity contribution in [2.24, 2.45) is 0 Å². The van der Waals surface area contributed by atoms with Crippen molar-refractivity contribution in [1.29, 1.82) is 0 Å². The molecule has 0 aliphatic rings. The number of halogens is 1. The van der Waals surface area contributed by atoms with Crippen molar-refractivity contribution >= 4 is 28.9 Å². The molecule has 0 spiro atoms. The first-order chi connectivity index (χ1) is 7.69. The largest absolute Gasteiger partial charge is 0.324 e. The fourth-order valence-electron chi connectivity index (χ4n) is 1.19. The average Bonchev–Trinajstić information content (AvgIpc) is 2.64. The summed E-state index contributed by atoms with van der Waals surface area (Å²) in [6.45, 7) is 8.75. The molecule has 2 N–H and O–H groups in total. The molecule has 0 amide bonds. The Kier molecular flexibility index (Phi) is 2.75. The first kappa shape index (κ1) is 10.5. The number of H-pyrrole nitrogens is 1. The number of aryl methyl sites for hydroxylation is 1. The van der Waals surface area contributed by atoms with Gasteiger partial charge >= 0.3 is 0 Å². The second-order valence-electron chi connectivity index (χ2n) is 3.18. The Balaban J connectivity index is 2.23. The van der Waals surface area contributed by atoms with Gasteiger partial charge in [-0.15, -0.1) is 0 Å². The van der Waals surface area contributed by atoms with Crippen LogP contribution in [-0.2, 0) is 0 Å². The molecular weight excluding hydrogens is 226 g/mol. The Bertz CT molecular complexity index is 555. The van der Waals surface area contributed by atoms with Crippen molar-refractivity contribution < 1.29 is 0 Å². The third-order valence-corrected chi connectivity index (χ3v) is 2.19. The zero-order chi connectivity index (χ0) is 11.5. The van der Waals surface area contributed by atoms with Gasteiger partial charge in [0.2, 0.25) is 5.69 Å². The van der Waals surface area contributed by atoms with Gasteiger partial charge in [-0.25, -0.2) is 9.83 Å². The lowest BCUT2D eigenvalue weighted by Crippen LogP contribution is -1.93. The number of hydrogen-bond donors (Lipinski definition) is 2. The van der Waals surface area contributed by atoms with Crippen LogP contribution in [0.15, 0.2) is 18.2 Å². The minimum Gasteiger partial charge on any atom is -0.324 e. The SMILES string of the molecule is [C-]#[N+]c1ccc(Nc2cc(C)[nH]n2)nc1Cl. The first-order valence-electron chi connectivity index (χ1n) is 4.52. The molecule has 0 aliphatic carbocycles. The van der Waals surface area contributed by atoms with E-state index in [0.29, 0.717) is 17.3 Å². The van der Waals surface area contributed by atoms with Gasteiger partial charge in [-0.2, -0.15) is 5.10 Å². The summed E-state index contributed by atoms with van der Waals surface area (Å²) in [6.07, 6.45) is 0. The quantitative estimate of drug-likeness (QED) is 0.619. The molecule has 2 aromatic rings. The highest BCUT2D eigenvalue weighted by molar-refractivity contribution is 6.32. The normalized spacial score (nSPS) is 9.81. The van der Waals surface area contributed by atoms with E-state index in [1.54, 1.807) is 12.1 Å². The van der Waals surface area contributed by atoms with Gasteiger partial charge in [0.05, 0.1) is 6.57 Å². The molecule has 0 radical (unpaired) electrons. The van der Waals surface area contributed by atoms with Crippen LogP contribution in [0.25, 0.3) is 4.85 Å². The maximum absolute atomic E-state index is 6.84. The lowest BCUT2D eigenvalue weighted by atomic mass is 10.4. The lowest BCUT2D eigenvalue weighted by Gasteiger charge is -2.02. The Morgan fingerprint density at radius 3 is 2.81 bits per heavy atom. The second-order valence-corrected chi connectivity index (χ2v) is 3.54. The van der Waals surface area contributed by atoms with Crippen molar-refractivity contribution in [3.05, 3.63) is 40.5 Å². The highest BCUT2D eigenvalue weighted by atomic mass is 35.5. The third-order valence-electron chi connectivity index (χ3n) is 1.91. The van der Waals surface area contributed by atoms with Crippen molar-refractivity contribution in [3.8, 4) is 0 Å². The molecule has 0 aliphatic heterocycles. The van der Waals surface area contributed by atoms with Crippen LogP contribution in [0.2, 0.25) is 5.15 Å². The van der Waals surface area contributed by atoms with E-state index in [0.717, 1.165) is 5.69 Å². The monoisotopic (exact) mass is 233 g/mol. The molecule has 0 atom stereocenters. The molecule has 2 heterocycles.